The van der Waals surface area contributed by atoms with Crippen molar-refractivity contribution in [3.63, 3.8) is 0 Å². The van der Waals surface area contributed by atoms with Crippen molar-refractivity contribution in [1.82, 2.24) is 19.9 Å². The molecule has 0 radical (unpaired) electrons. The van der Waals surface area contributed by atoms with Crippen LogP contribution in [-0.4, -0.2) is 31.1 Å². The Kier molecular flexibility index (Phi) is 5.25. The summed E-state index contributed by atoms with van der Waals surface area (Å²) in [6, 6.07) is 8.09. The van der Waals surface area contributed by atoms with Crippen molar-refractivity contribution >= 4 is 40.1 Å². The third-order valence-corrected chi connectivity index (χ3v) is 5.03. The number of benzene rings is 1. The van der Waals surface area contributed by atoms with Crippen LogP contribution in [0.15, 0.2) is 41.1 Å². The molecule has 0 aliphatic carbocycles. The summed E-state index contributed by atoms with van der Waals surface area (Å²) in [5.41, 5.74) is 8.57. The quantitative estimate of drug-likeness (QED) is 0.663. The highest BCUT2D eigenvalue weighted by Crippen LogP contribution is 2.26. The number of rotatable bonds is 5. The largest absolute Gasteiger partial charge is 0.368 e. The van der Waals surface area contributed by atoms with Crippen molar-refractivity contribution in [3.8, 4) is 11.3 Å². The summed E-state index contributed by atoms with van der Waals surface area (Å²) in [7, 11) is 0. The van der Waals surface area contributed by atoms with E-state index >= 15 is 0 Å². The van der Waals surface area contributed by atoms with Gasteiger partial charge in [0.05, 0.1) is 10.9 Å². The third kappa shape index (κ3) is 4.52. The highest BCUT2D eigenvalue weighted by Gasteiger charge is 2.18. The van der Waals surface area contributed by atoms with Crippen molar-refractivity contribution < 1.29 is 4.79 Å². The number of nitrogens with two attached hydrogens (primary N) is 1. The Morgan fingerprint density at radius 1 is 1.24 bits per heavy atom. The van der Waals surface area contributed by atoms with Crippen molar-refractivity contribution in [2.45, 2.75) is 24.3 Å². The van der Waals surface area contributed by atoms with Gasteiger partial charge < -0.3 is 11.1 Å². The number of nitrogens with one attached hydrogen (secondary N) is 1. The number of nitrogen functional groups attached to an aromatic ring is 1. The Morgan fingerprint density at radius 3 is 2.72 bits per heavy atom. The zero-order chi connectivity index (χ0) is 17.8. The van der Waals surface area contributed by atoms with E-state index in [9.17, 15) is 4.79 Å². The molecule has 7 nitrogen and oxygen atoms in total. The van der Waals surface area contributed by atoms with Gasteiger partial charge in [0.15, 0.2) is 10.3 Å². The molecule has 0 fully saturated rings. The molecule has 1 atom stereocenters. The molecule has 1 amide bonds. The Morgan fingerprint density at radius 2 is 2.00 bits per heavy atom. The molecule has 3 aromatic rings. The lowest BCUT2D eigenvalue weighted by atomic mass is 10.1. The van der Waals surface area contributed by atoms with Crippen molar-refractivity contribution in [1.29, 1.82) is 0 Å². The lowest BCUT2D eigenvalue weighted by Crippen LogP contribution is -2.22. The number of aryl methyl sites for hydroxylation is 1. The predicted molar refractivity (Wildman–Crippen MR) is 100 cm³/mol. The van der Waals surface area contributed by atoms with Gasteiger partial charge in [0.1, 0.15) is 6.33 Å². The first-order valence-electron chi connectivity index (χ1n) is 7.46. The van der Waals surface area contributed by atoms with Gasteiger partial charge in [-0.05, 0) is 13.8 Å². The van der Waals surface area contributed by atoms with Gasteiger partial charge in [-0.25, -0.2) is 15.0 Å². The summed E-state index contributed by atoms with van der Waals surface area (Å²) < 4.78 is 0. The fraction of sp³-hybridized carbons (Fsp3) is 0.188. The summed E-state index contributed by atoms with van der Waals surface area (Å²) in [4.78, 5) is 28.5. The van der Waals surface area contributed by atoms with E-state index in [-0.39, 0.29) is 11.9 Å². The van der Waals surface area contributed by atoms with Gasteiger partial charge in [-0.15, -0.1) is 11.3 Å². The minimum Gasteiger partial charge on any atom is -0.368 e. The number of nitrogens with zero attached hydrogens (tertiary/aromatic N) is 4. The molecular weight excluding hydrogens is 356 g/mol. The number of thioether (sulfide) groups is 1. The molecule has 0 aliphatic rings. The summed E-state index contributed by atoms with van der Waals surface area (Å²) >= 11 is 2.60. The van der Waals surface area contributed by atoms with Gasteiger partial charge in [-0.2, -0.15) is 4.98 Å². The molecule has 0 aliphatic heterocycles. The number of carbonyl (C=O) groups is 1. The average molecular weight is 372 g/mol. The molecule has 128 valence electrons. The number of thiazole rings is 1. The second kappa shape index (κ2) is 7.58. The summed E-state index contributed by atoms with van der Waals surface area (Å²) in [6.07, 6.45) is 1.32. The van der Waals surface area contributed by atoms with E-state index < -0.39 is 5.25 Å². The van der Waals surface area contributed by atoms with Crippen LogP contribution in [-0.2, 0) is 4.79 Å². The van der Waals surface area contributed by atoms with Crippen molar-refractivity contribution in [2.24, 2.45) is 0 Å². The molecule has 9 heteroatoms. The second-order valence-corrected chi connectivity index (χ2v) is 7.45. The molecule has 0 saturated carbocycles. The summed E-state index contributed by atoms with van der Waals surface area (Å²) in [5, 5.41) is 5.32. The molecule has 1 unspecified atom stereocenters. The Labute approximate surface area is 153 Å². The van der Waals surface area contributed by atoms with E-state index in [1.807, 2.05) is 36.6 Å². The monoisotopic (exact) mass is 372 g/mol. The molecule has 0 saturated heterocycles. The van der Waals surface area contributed by atoms with Gasteiger partial charge >= 0.3 is 0 Å². The third-order valence-electron chi connectivity index (χ3n) is 3.30. The molecule has 0 spiro atoms. The second-order valence-electron chi connectivity index (χ2n) is 5.28. The van der Waals surface area contributed by atoms with E-state index in [4.69, 9.17) is 5.73 Å². The topological polar surface area (TPSA) is 107 Å². The van der Waals surface area contributed by atoms with Crippen LogP contribution in [0.25, 0.3) is 11.3 Å². The molecule has 3 N–H and O–H groups in total. The number of carbonyl (C=O) groups excluding carboxylic acids is 1. The zero-order valence-corrected chi connectivity index (χ0v) is 15.3. The van der Waals surface area contributed by atoms with E-state index in [1.54, 1.807) is 6.92 Å². The van der Waals surface area contributed by atoms with Gasteiger partial charge in [-0.1, -0.05) is 41.6 Å². The number of hydrogen-bond acceptors (Lipinski definition) is 8. The average Bonchev–Trinajstić information content (AvgIpc) is 3.04. The highest BCUT2D eigenvalue weighted by molar-refractivity contribution is 8.00. The van der Waals surface area contributed by atoms with Gasteiger partial charge in [0.2, 0.25) is 11.9 Å². The first-order chi connectivity index (χ1) is 12.0. The maximum atomic E-state index is 12.3. The lowest BCUT2D eigenvalue weighted by Gasteiger charge is -2.09. The first kappa shape index (κ1) is 17.3. The minimum absolute atomic E-state index is 0.132. The molecule has 2 aromatic heterocycles. The maximum Gasteiger partial charge on any atom is 0.239 e. The zero-order valence-electron chi connectivity index (χ0n) is 13.6. The van der Waals surface area contributed by atoms with E-state index in [2.05, 4.69) is 25.3 Å². The number of anilines is 2. The highest BCUT2D eigenvalue weighted by atomic mass is 32.2. The van der Waals surface area contributed by atoms with Crippen LogP contribution in [0.2, 0.25) is 0 Å². The minimum atomic E-state index is -0.395. The Balaban J connectivity index is 1.64. The fourth-order valence-electron chi connectivity index (χ4n) is 1.96. The molecular formula is C16H16N6OS2. The van der Waals surface area contributed by atoms with Crippen LogP contribution < -0.4 is 11.1 Å². The first-order valence-corrected chi connectivity index (χ1v) is 9.22. The van der Waals surface area contributed by atoms with Crippen LogP contribution >= 0.6 is 23.1 Å². The smallest absolute Gasteiger partial charge is 0.239 e. The van der Waals surface area contributed by atoms with Crippen molar-refractivity contribution in [3.05, 3.63) is 41.5 Å². The molecule has 3 rings (SSSR count). The Bertz CT molecular complexity index is 880. The van der Waals surface area contributed by atoms with Crippen LogP contribution in [0.1, 0.15) is 12.5 Å². The SMILES string of the molecule is Cc1ccc(-c2csc(NC(=O)C(C)Sc3ncnc(N)n3)n2)cc1. The van der Waals surface area contributed by atoms with Crippen LogP contribution in [0.5, 0.6) is 0 Å². The van der Waals surface area contributed by atoms with Crippen LogP contribution in [0.3, 0.4) is 0 Å². The fourth-order valence-corrected chi connectivity index (χ4v) is 3.42. The Hall–Kier alpha value is -2.52. The molecule has 0 bridgehead atoms. The molecule has 25 heavy (non-hydrogen) atoms. The normalized spacial score (nSPS) is 11.9. The predicted octanol–water partition coefficient (Wildman–Crippen LogP) is 3.01. The maximum absolute atomic E-state index is 12.3. The van der Waals surface area contributed by atoms with E-state index in [1.165, 1.54) is 35.0 Å². The number of aromatic nitrogens is 4. The summed E-state index contributed by atoms with van der Waals surface area (Å²) in [5.74, 6) is -0.0402. The van der Waals surface area contributed by atoms with E-state index in [0.717, 1.165) is 11.3 Å². The van der Waals surface area contributed by atoms with Gasteiger partial charge in [0.25, 0.3) is 0 Å². The molecule has 1 aromatic carbocycles. The van der Waals surface area contributed by atoms with E-state index in [0.29, 0.717) is 10.3 Å². The number of amides is 1. The van der Waals surface area contributed by atoms with Gasteiger partial charge in [-0.3, -0.25) is 4.79 Å². The lowest BCUT2D eigenvalue weighted by molar-refractivity contribution is -0.115. The van der Waals surface area contributed by atoms with Crippen LogP contribution in [0, 0.1) is 6.92 Å². The molecule has 2 heterocycles. The standard InChI is InChI=1S/C16H16N6OS2/c1-9-3-5-11(6-4-9)12-7-24-16(20-12)21-13(23)10(2)25-15-19-8-18-14(17)22-15/h3-8,10H,1-2H3,(H,20,21,23)(H2,17,18,19,22). The van der Waals surface area contributed by atoms with Crippen LogP contribution in [0.4, 0.5) is 11.1 Å². The van der Waals surface area contributed by atoms with Gasteiger partial charge in [0, 0.05) is 10.9 Å². The summed E-state index contributed by atoms with van der Waals surface area (Å²) in [6.45, 7) is 3.81. The van der Waals surface area contributed by atoms with Crippen molar-refractivity contribution in [2.75, 3.05) is 11.1 Å². The number of hydrogen-bond donors (Lipinski definition) is 2.